The van der Waals surface area contributed by atoms with Gasteiger partial charge in [0.2, 0.25) is 5.88 Å². The average molecular weight is 328 g/mol. The smallest absolute Gasteiger partial charge is 0.257 e. The first kappa shape index (κ1) is 16.1. The highest BCUT2D eigenvalue weighted by Gasteiger charge is 2.30. The Morgan fingerprint density at radius 3 is 2.79 bits per heavy atom. The fourth-order valence-electron chi connectivity index (χ4n) is 2.74. The molecule has 1 atom stereocenters. The first-order valence-corrected chi connectivity index (χ1v) is 7.80. The van der Waals surface area contributed by atoms with Gasteiger partial charge in [-0.15, -0.1) is 0 Å². The lowest BCUT2D eigenvalue weighted by molar-refractivity contribution is 0.0768. The molecule has 1 fully saturated rings. The lowest BCUT2D eigenvalue weighted by Gasteiger charge is -2.18. The number of pyridine rings is 1. The van der Waals surface area contributed by atoms with Crippen molar-refractivity contribution in [3.8, 4) is 17.4 Å². The van der Waals surface area contributed by atoms with Crippen LogP contribution in [0.1, 0.15) is 16.8 Å². The molecule has 1 unspecified atom stereocenters. The molecular weight excluding hydrogens is 308 g/mol. The van der Waals surface area contributed by atoms with Crippen LogP contribution in [-0.2, 0) is 0 Å². The number of aromatic nitrogens is 1. The third kappa shape index (κ3) is 3.42. The number of ether oxygens (including phenoxy) is 3. The molecule has 2 aromatic rings. The van der Waals surface area contributed by atoms with Gasteiger partial charge in [-0.3, -0.25) is 4.79 Å². The van der Waals surface area contributed by atoms with Gasteiger partial charge in [0.1, 0.15) is 17.6 Å². The van der Waals surface area contributed by atoms with Crippen molar-refractivity contribution in [2.75, 3.05) is 27.3 Å². The second-order valence-electron chi connectivity index (χ2n) is 5.51. The minimum absolute atomic E-state index is 0.0481. The lowest BCUT2D eigenvalue weighted by atomic mass is 10.1. The molecule has 6 nitrogen and oxygen atoms in total. The summed E-state index contributed by atoms with van der Waals surface area (Å²) >= 11 is 0. The molecule has 0 aliphatic carbocycles. The predicted octanol–water partition coefficient (Wildman–Crippen LogP) is 2.39. The van der Waals surface area contributed by atoms with Gasteiger partial charge in [0.05, 0.1) is 26.3 Å². The average Bonchev–Trinajstić information content (AvgIpc) is 3.09. The van der Waals surface area contributed by atoms with Crippen molar-refractivity contribution >= 4 is 5.91 Å². The van der Waals surface area contributed by atoms with Crippen LogP contribution in [0.15, 0.2) is 42.6 Å². The van der Waals surface area contributed by atoms with E-state index in [0.29, 0.717) is 36.0 Å². The highest BCUT2D eigenvalue weighted by atomic mass is 16.5. The molecule has 0 saturated carbocycles. The number of benzene rings is 1. The first-order valence-electron chi connectivity index (χ1n) is 7.80. The van der Waals surface area contributed by atoms with E-state index < -0.39 is 0 Å². The van der Waals surface area contributed by atoms with Crippen LogP contribution in [-0.4, -0.2) is 49.2 Å². The van der Waals surface area contributed by atoms with Gasteiger partial charge >= 0.3 is 0 Å². The number of hydrogen-bond donors (Lipinski definition) is 0. The molecule has 0 N–H and O–H groups in total. The molecule has 0 bridgehead atoms. The van der Waals surface area contributed by atoms with Crippen molar-refractivity contribution in [2.24, 2.45) is 0 Å². The van der Waals surface area contributed by atoms with Gasteiger partial charge in [-0.1, -0.05) is 6.07 Å². The molecule has 1 aliphatic rings. The Morgan fingerprint density at radius 1 is 1.21 bits per heavy atom. The minimum atomic E-state index is -0.0679. The van der Waals surface area contributed by atoms with Gasteiger partial charge in [0.15, 0.2) is 0 Å². The zero-order valence-electron chi connectivity index (χ0n) is 13.8. The van der Waals surface area contributed by atoms with Gasteiger partial charge in [0.25, 0.3) is 5.91 Å². The Labute approximate surface area is 141 Å². The van der Waals surface area contributed by atoms with E-state index in [4.69, 9.17) is 14.2 Å². The zero-order valence-corrected chi connectivity index (χ0v) is 13.8. The SMILES string of the molecule is COc1ccc(C(=O)N2CCC(Oc3ccccn3)C2)c(OC)c1. The largest absolute Gasteiger partial charge is 0.497 e. The fraction of sp³-hybridized carbons (Fsp3) is 0.333. The molecule has 1 aromatic heterocycles. The molecule has 24 heavy (non-hydrogen) atoms. The van der Waals surface area contributed by atoms with Crippen LogP contribution in [0.25, 0.3) is 0 Å². The number of rotatable bonds is 5. The van der Waals surface area contributed by atoms with Gasteiger partial charge in [-0.25, -0.2) is 4.98 Å². The molecule has 1 aromatic carbocycles. The molecule has 0 radical (unpaired) electrons. The summed E-state index contributed by atoms with van der Waals surface area (Å²) in [6.07, 6.45) is 2.42. The van der Waals surface area contributed by atoms with Crippen molar-refractivity contribution in [3.63, 3.8) is 0 Å². The molecule has 126 valence electrons. The third-order valence-electron chi connectivity index (χ3n) is 4.00. The van der Waals surface area contributed by atoms with Crippen molar-refractivity contribution in [3.05, 3.63) is 48.2 Å². The quantitative estimate of drug-likeness (QED) is 0.843. The van der Waals surface area contributed by atoms with Crippen molar-refractivity contribution in [1.82, 2.24) is 9.88 Å². The molecule has 1 amide bonds. The number of likely N-dealkylation sites (tertiary alicyclic amines) is 1. The number of hydrogen-bond acceptors (Lipinski definition) is 5. The predicted molar refractivity (Wildman–Crippen MR) is 88.7 cm³/mol. The highest BCUT2D eigenvalue weighted by Crippen LogP contribution is 2.27. The second kappa shape index (κ2) is 7.21. The number of nitrogens with zero attached hydrogens (tertiary/aromatic N) is 2. The summed E-state index contributed by atoms with van der Waals surface area (Å²) in [4.78, 5) is 18.7. The number of carbonyl (C=O) groups excluding carboxylic acids is 1. The third-order valence-corrected chi connectivity index (χ3v) is 4.00. The van der Waals surface area contributed by atoms with E-state index in [-0.39, 0.29) is 12.0 Å². The lowest BCUT2D eigenvalue weighted by Crippen LogP contribution is -2.31. The maximum absolute atomic E-state index is 12.8. The van der Waals surface area contributed by atoms with Crippen LogP contribution >= 0.6 is 0 Å². The summed E-state index contributed by atoms with van der Waals surface area (Å²) in [6, 6.07) is 10.7. The van der Waals surface area contributed by atoms with E-state index in [1.54, 1.807) is 43.5 Å². The van der Waals surface area contributed by atoms with Crippen LogP contribution in [0.2, 0.25) is 0 Å². The zero-order chi connectivity index (χ0) is 16.9. The van der Waals surface area contributed by atoms with Gasteiger partial charge in [-0.05, 0) is 18.2 Å². The Bertz CT molecular complexity index is 705. The van der Waals surface area contributed by atoms with E-state index in [0.717, 1.165) is 6.42 Å². The van der Waals surface area contributed by atoms with Crippen molar-refractivity contribution < 1.29 is 19.0 Å². The summed E-state index contributed by atoms with van der Waals surface area (Å²) < 4.78 is 16.3. The van der Waals surface area contributed by atoms with E-state index in [9.17, 15) is 4.79 Å². The Kier molecular flexibility index (Phi) is 4.84. The number of carbonyl (C=O) groups is 1. The fourth-order valence-corrected chi connectivity index (χ4v) is 2.74. The summed E-state index contributed by atoms with van der Waals surface area (Å²) in [6.45, 7) is 1.18. The van der Waals surface area contributed by atoms with Gasteiger partial charge < -0.3 is 19.1 Å². The molecular formula is C18H20N2O4. The first-order chi connectivity index (χ1) is 11.7. The Hall–Kier alpha value is -2.76. The van der Waals surface area contributed by atoms with Crippen LogP contribution in [0, 0.1) is 0 Å². The van der Waals surface area contributed by atoms with Crippen LogP contribution in [0.5, 0.6) is 17.4 Å². The number of amides is 1. The van der Waals surface area contributed by atoms with Crippen LogP contribution < -0.4 is 14.2 Å². The summed E-state index contributed by atoms with van der Waals surface area (Å²) in [5.41, 5.74) is 0.525. The van der Waals surface area contributed by atoms with E-state index in [1.165, 1.54) is 0 Å². The summed E-state index contributed by atoms with van der Waals surface area (Å²) in [5, 5.41) is 0. The van der Waals surface area contributed by atoms with Gasteiger partial charge in [-0.2, -0.15) is 0 Å². The van der Waals surface area contributed by atoms with Crippen molar-refractivity contribution in [2.45, 2.75) is 12.5 Å². The topological polar surface area (TPSA) is 60.9 Å². The maximum Gasteiger partial charge on any atom is 0.257 e. The molecule has 6 heteroatoms. The monoisotopic (exact) mass is 328 g/mol. The Morgan fingerprint density at radius 2 is 2.08 bits per heavy atom. The molecule has 2 heterocycles. The standard InChI is InChI=1S/C18H20N2O4/c1-22-13-6-7-15(16(11-13)23-2)18(21)20-10-8-14(12-20)24-17-5-3-4-9-19-17/h3-7,9,11,14H,8,10,12H2,1-2H3. The number of methoxy groups -OCH3 is 2. The highest BCUT2D eigenvalue weighted by molar-refractivity contribution is 5.97. The van der Waals surface area contributed by atoms with Crippen LogP contribution in [0.3, 0.4) is 0 Å². The van der Waals surface area contributed by atoms with E-state index >= 15 is 0 Å². The minimum Gasteiger partial charge on any atom is -0.497 e. The second-order valence-corrected chi connectivity index (χ2v) is 5.51. The van der Waals surface area contributed by atoms with Crippen molar-refractivity contribution in [1.29, 1.82) is 0 Å². The normalized spacial score (nSPS) is 16.8. The summed E-state index contributed by atoms with van der Waals surface area (Å²) in [5.74, 6) is 1.68. The molecule has 0 spiro atoms. The molecule has 1 aliphatic heterocycles. The van der Waals surface area contributed by atoms with E-state index in [1.807, 2.05) is 18.2 Å². The van der Waals surface area contributed by atoms with Gasteiger partial charge in [0, 0.05) is 31.3 Å². The maximum atomic E-state index is 12.8. The Balaban J connectivity index is 1.68. The summed E-state index contributed by atoms with van der Waals surface area (Å²) in [7, 11) is 3.12. The van der Waals surface area contributed by atoms with E-state index in [2.05, 4.69) is 4.98 Å². The molecule has 3 rings (SSSR count). The molecule has 1 saturated heterocycles. The van der Waals surface area contributed by atoms with Crippen LogP contribution in [0.4, 0.5) is 0 Å².